The Bertz CT molecular complexity index is 350. The molecular weight excluding hydrogens is 126 g/mol. The summed E-state index contributed by atoms with van der Waals surface area (Å²) in [5.74, 6) is 0.669. The largest absolute Gasteiger partial charge is 0.384 e. The quantitative estimate of drug-likeness (QED) is 0.580. The summed E-state index contributed by atoms with van der Waals surface area (Å²) in [7, 11) is 0. The molecule has 2 heterocycles. The standard InChI is InChI=1S/C7H7N3/c8-7-3-1-2-6-4-5-9-10(6)7/h1-5H,8H2. The van der Waals surface area contributed by atoms with Gasteiger partial charge in [0.2, 0.25) is 0 Å². The number of anilines is 1. The number of nitrogen functional groups attached to an aromatic ring is 1. The van der Waals surface area contributed by atoms with Crippen molar-refractivity contribution in [2.75, 3.05) is 5.73 Å². The number of nitrogens with zero attached hydrogens (tertiary/aromatic N) is 2. The predicted octanol–water partition coefficient (Wildman–Crippen LogP) is 0.916. The van der Waals surface area contributed by atoms with Gasteiger partial charge in [-0.3, -0.25) is 0 Å². The maximum atomic E-state index is 5.60. The van der Waals surface area contributed by atoms with Crippen molar-refractivity contribution >= 4 is 11.3 Å². The molecule has 0 fully saturated rings. The van der Waals surface area contributed by atoms with Crippen molar-refractivity contribution in [2.45, 2.75) is 0 Å². The number of fused-ring (bicyclic) bond motifs is 1. The Balaban J connectivity index is 2.95. The molecule has 3 heteroatoms. The van der Waals surface area contributed by atoms with Crippen LogP contribution in [0.1, 0.15) is 0 Å². The number of pyridine rings is 1. The number of hydrogen-bond donors (Lipinski definition) is 1. The minimum Gasteiger partial charge on any atom is -0.384 e. The average molecular weight is 133 g/mol. The Morgan fingerprint density at radius 1 is 1.30 bits per heavy atom. The smallest absolute Gasteiger partial charge is 0.125 e. The normalized spacial score (nSPS) is 10.4. The van der Waals surface area contributed by atoms with Gasteiger partial charge in [-0.1, -0.05) is 6.07 Å². The summed E-state index contributed by atoms with van der Waals surface area (Å²) in [5.41, 5.74) is 6.63. The zero-order valence-corrected chi connectivity index (χ0v) is 5.36. The Hall–Kier alpha value is -1.51. The third-order valence-electron chi connectivity index (χ3n) is 1.45. The molecule has 0 spiro atoms. The van der Waals surface area contributed by atoms with Crippen LogP contribution >= 0.6 is 0 Å². The average Bonchev–Trinajstić information content (AvgIpc) is 2.36. The van der Waals surface area contributed by atoms with E-state index in [1.165, 1.54) is 0 Å². The topological polar surface area (TPSA) is 43.3 Å². The third kappa shape index (κ3) is 0.572. The van der Waals surface area contributed by atoms with E-state index >= 15 is 0 Å². The lowest BCUT2D eigenvalue weighted by Gasteiger charge is -1.95. The maximum absolute atomic E-state index is 5.60. The molecule has 0 aliphatic carbocycles. The molecular formula is C7H7N3. The van der Waals surface area contributed by atoms with E-state index in [1.807, 2.05) is 24.3 Å². The zero-order chi connectivity index (χ0) is 6.97. The molecule has 2 rings (SSSR count). The molecule has 50 valence electrons. The SMILES string of the molecule is Nc1cccc2ccnn12. The van der Waals surface area contributed by atoms with Crippen LogP contribution in [-0.2, 0) is 0 Å². The van der Waals surface area contributed by atoms with Gasteiger partial charge in [-0.15, -0.1) is 0 Å². The Kier molecular flexibility index (Phi) is 0.917. The van der Waals surface area contributed by atoms with E-state index in [2.05, 4.69) is 5.10 Å². The monoisotopic (exact) mass is 133 g/mol. The maximum Gasteiger partial charge on any atom is 0.125 e. The van der Waals surface area contributed by atoms with E-state index in [4.69, 9.17) is 5.73 Å². The van der Waals surface area contributed by atoms with Crippen molar-refractivity contribution in [3.63, 3.8) is 0 Å². The van der Waals surface area contributed by atoms with Crippen LogP contribution in [0.2, 0.25) is 0 Å². The lowest BCUT2D eigenvalue weighted by Crippen LogP contribution is -1.96. The molecule has 0 atom stereocenters. The van der Waals surface area contributed by atoms with Crippen LogP contribution in [0.25, 0.3) is 5.52 Å². The number of aromatic nitrogens is 2. The van der Waals surface area contributed by atoms with E-state index in [-0.39, 0.29) is 0 Å². The summed E-state index contributed by atoms with van der Waals surface area (Å²) in [6.45, 7) is 0. The van der Waals surface area contributed by atoms with Gasteiger partial charge in [-0.25, -0.2) is 4.52 Å². The first-order chi connectivity index (χ1) is 4.88. The summed E-state index contributed by atoms with van der Waals surface area (Å²) in [6.07, 6.45) is 1.73. The highest BCUT2D eigenvalue weighted by Crippen LogP contribution is 2.06. The molecule has 0 saturated carbocycles. The summed E-state index contributed by atoms with van der Waals surface area (Å²) < 4.78 is 1.69. The second kappa shape index (κ2) is 1.73. The fraction of sp³-hybridized carbons (Fsp3) is 0. The molecule has 0 unspecified atom stereocenters. The Morgan fingerprint density at radius 3 is 3.00 bits per heavy atom. The van der Waals surface area contributed by atoms with Crippen molar-refractivity contribution in [1.82, 2.24) is 9.61 Å². The van der Waals surface area contributed by atoms with E-state index < -0.39 is 0 Å². The molecule has 3 nitrogen and oxygen atoms in total. The van der Waals surface area contributed by atoms with Crippen molar-refractivity contribution in [3.05, 3.63) is 30.5 Å². The van der Waals surface area contributed by atoms with Gasteiger partial charge >= 0.3 is 0 Å². The first-order valence-electron chi connectivity index (χ1n) is 3.06. The zero-order valence-electron chi connectivity index (χ0n) is 5.36. The highest BCUT2D eigenvalue weighted by atomic mass is 15.2. The van der Waals surface area contributed by atoms with E-state index in [0.717, 1.165) is 5.52 Å². The molecule has 0 radical (unpaired) electrons. The minimum atomic E-state index is 0.669. The summed E-state index contributed by atoms with van der Waals surface area (Å²) in [6, 6.07) is 7.60. The lowest BCUT2D eigenvalue weighted by molar-refractivity contribution is 0.974. The van der Waals surface area contributed by atoms with E-state index in [9.17, 15) is 0 Å². The van der Waals surface area contributed by atoms with Crippen molar-refractivity contribution < 1.29 is 0 Å². The van der Waals surface area contributed by atoms with Crippen molar-refractivity contribution in [1.29, 1.82) is 0 Å². The number of hydrogen-bond acceptors (Lipinski definition) is 2. The third-order valence-corrected chi connectivity index (χ3v) is 1.45. The summed E-state index contributed by atoms with van der Waals surface area (Å²) in [4.78, 5) is 0. The van der Waals surface area contributed by atoms with E-state index in [0.29, 0.717) is 5.82 Å². The van der Waals surface area contributed by atoms with Crippen LogP contribution in [0.4, 0.5) is 5.82 Å². The first kappa shape index (κ1) is 5.29. The summed E-state index contributed by atoms with van der Waals surface area (Å²) >= 11 is 0. The molecule has 0 bridgehead atoms. The van der Waals surface area contributed by atoms with Crippen LogP contribution in [0.3, 0.4) is 0 Å². The van der Waals surface area contributed by atoms with Gasteiger partial charge in [-0.05, 0) is 18.2 Å². The molecule has 0 saturated heterocycles. The van der Waals surface area contributed by atoms with Gasteiger partial charge in [0.15, 0.2) is 0 Å². The molecule has 2 aromatic rings. The van der Waals surface area contributed by atoms with Gasteiger partial charge < -0.3 is 5.73 Å². The second-order valence-corrected chi connectivity index (χ2v) is 2.12. The highest BCUT2D eigenvalue weighted by Gasteiger charge is 1.92. The Morgan fingerprint density at radius 2 is 2.20 bits per heavy atom. The minimum absolute atomic E-state index is 0.669. The van der Waals surface area contributed by atoms with Crippen LogP contribution in [0, 0.1) is 0 Å². The highest BCUT2D eigenvalue weighted by molar-refractivity contribution is 5.51. The Labute approximate surface area is 58.1 Å². The van der Waals surface area contributed by atoms with Gasteiger partial charge in [0.05, 0.1) is 11.7 Å². The van der Waals surface area contributed by atoms with Gasteiger partial charge in [0.1, 0.15) is 5.82 Å². The number of rotatable bonds is 0. The van der Waals surface area contributed by atoms with Crippen LogP contribution < -0.4 is 5.73 Å². The summed E-state index contributed by atoms with van der Waals surface area (Å²) in [5, 5.41) is 4.01. The first-order valence-corrected chi connectivity index (χ1v) is 3.06. The molecule has 2 aromatic heterocycles. The fourth-order valence-corrected chi connectivity index (χ4v) is 0.971. The fourth-order valence-electron chi connectivity index (χ4n) is 0.971. The molecule has 0 aliphatic rings. The van der Waals surface area contributed by atoms with Crippen LogP contribution in [0.15, 0.2) is 30.5 Å². The van der Waals surface area contributed by atoms with Crippen molar-refractivity contribution in [3.8, 4) is 0 Å². The second-order valence-electron chi connectivity index (χ2n) is 2.12. The van der Waals surface area contributed by atoms with E-state index in [1.54, 1.807) is 10.7 Å². The molecule has 2 N–H and O–H groups in total. The number of nitrogens with two attached hydrogens (primary N) is 1. The molecule has 0 aliphatic heterocycles. The van der Waals surface area contributed by atoms with Crippen molar-refractivity contribution in [2.24, 2.45) is 0 Å². The van der Waals surface area contributed by atoms with Gasteiger partial charge in [0.25, 0.3) is 0 Å². The predicted molar refractivity (Wildman–Crippen MR) is 39.6 cm³/mol. The van der Waals surface area contributed by atoms with Gasteiger partial charge in [0, 0.05) is 0 Å². The van der Waals surface area contributed by atoms with Gasteiger partial charge in [-0.2, -0.15) is 5.10 Å². The molecule has 10 heavy (non-hydrogen) atoms. The van der Waals surface area contributed by atoms with Crippen LogP contribution in [-0.4, -0.2) is 9.61 Å². The molecule has 0 amide bonds. The van der Waals surface area contributed by atoms with Crippen LogP contribution in [0.5, 0.6) is 0 Å². The lowest BCUT2D eigenvalue weighted by atomic mass is 10.4. The molecule has 0 aromatic carbocycles.